The van der Waals surface area contributed by atoms with Gasteiger partial charge >= 0.3 is 5.97 Å². The Morgan fingerprint density at radius 2 is 1.60 bits per heavy atom. The van der Waals surface area contributed by atoms with Gasteiger partial charge in [-0.3, -0.25) is 0 Å². The minimum atomic E-state index is -1.72. The number of halogens is 2. The van der Waals surface area contributed by atoms with Gasteiger partial charge in [0, 0.05) is 30.3 Å². The highest BCUT2D eigenvalue weighted by molar-refractivity contribution is 6.70. The average Bonchev–Trinajstić information content (AvgIpc) is 2.96. The zero-order valence-corrected chi connectivity index (χ0v) is 27.3. The monoisotopic (exact) mass is 642 g/mol. The van der Waals surface area contributed by atoms with Crippen molar-refractivity contribution in [3.63, 3.8) is 0 Å². The third-order valence-electron chi connectivity index (χ3n) is 6.33. The Morgan fingerprint density at radius 1 is 0.907 bits per heavy atom. The second-order valence-corrected chi connectivity index (χ2v) is 15.9. The molecule has 0 amide bonds. The van der Waals surface area contributed by atoms with Crippen LogP contribution in [0.5, 0.6) is 17.2 Å². The van der Waals surface area contributed by atoms with Gasteiger partial charge in [0.15, 0.2) is 23.9 Å². The van der Waals surface area contributed by atoms with Gasteiger partial charge in [0.2, 0.25) is 8.32 Å². The third kappa shape index (κ3) is 9.36. The van der Waals surface area contributed by atoms with E-state index < -0.39 is 20.4 Å². The van der Waals surface area contributed by atoms with Gasteiger partial charge in [0.25, 0.3) is 0 Å². The molecule has 0 saturated heterocycles. The van der Waals surface area contributed by atoms with Crippen LogP contribution in [0, 0.1) is 0 Å². The highest BCUT2D eigenvalue weighted by atomic mass is 35.5. The molecule has 0 spiro atoms. The summed E-state index contributed by atoms with van der Waals surface area (Å²) < 4.78 is 23.1. The maximum Gasteiger partial charge on any atom is 0.338 e. The predicted octanol–water partition coefficient (Wildman–Crippen LogP) is 7.61. The summed E-state index contributed by atoms with van der Waals surface area (Å²) in [4.78, 5) is 16.4. The number of benzene rings is 3. The van der Waals surface area contributed by atoms with E-state index in [0.717, 1.165) is 17.0 Å². The predicted molar refractivity (Wildman–Crippen MR) is 171 cm³/mol. The molecule has 1 heterocycles. The molecule has 4 aromatic rings. The van der Waals surface area contributed by atoms with Gasteiger partial charge in [-0.15, -0.1) is 0 Å². The number of H-pyrrole nitrogens is 1. The number of aromatic amines is 1. The van der Waals surface area contributed by atoms with Crippen LogP contribution in [-0.4, -0.2) is 34.0 Å². The van der Waals surface area contributed by atoms with Gasteiger partial charge in [-0.05, 0) is 67.2 Å². The molecule has 0 aliphatic heterocycles. The summed E-state index contributed by atoms with van der Waals surface area (Å²) in [5.74, 6) is 1.45. The first-order chi connectivity index (χ1) is 20.1. The van der Waals surface area contributed by atoms with Crippen molar-refractivity contribution >= 4 is 43.2 Å². The van der Waals surface area contributed by atoms with Gasteiger partial charge < -0.3 is 29.4 Å². The van der Waals surface area contributed by atoms with E-state index in [0.29, 0.717) is 44.8 Å². The van der Waals surface area contributed by atoms with Crippen molar-refractivity contribution in [2.45, 2.75) is 38.7 Å². The van der Waals surface area contributed by atoms with E-state index in [2.05, 4.69) is 29.9 Å². The second-order valence-electron chi connectivity index (χ2n) is 10.6. The molecule has 3 aromatic carbocycles. The molecule has 0 unspecified atom stereocenters. The summed E-state index contributed by atoms with van der Waals surface area (Å²) in [7, 11) is 1.40. The van der Waals surface area contributed by atoms with Crippen molar-refractivity contribution < 1.29 is 33.9 Å². The minimum Gasteiger partial charge on any atom is -0.870 e. The largest absolute Gasteiger partial charge is 0.870 e. The van der Waals surface area contributed by atoms with Crippen LogP contribution in [0.1, 0.15) is 33.2 Å². The number of nitrogens with one attached hydrogen (secondary N) is 2. The molecule has 43 heavy (non-hydrogen) atoms. The third-order valence-corrected chi connectivity index (χ3v) is 7.85. The number of esters is 1. The van der Waals surface area contributed by atoms with Crippen LogP contribution < -0.4 is 24.2 Å². The summed E-state index contributed by atoms with van der Waals surface area (Å²) in [5, 5.41) is 4.30. The second kappa shape index (κ2) is 15.1. The maximum absolute atomic E-state index is 13.5. The van der Waals surface area contributed by atoms with E-state index in [1.165, 1.54) is 0 Å². The standard InChI is InChI=1S/C32H34Cl2N2O5Si.H2O/c1-38-29-13-12-22(15-31(29)39-2)30(17-26-27(33)19-35-20-28(26)34)40-32(37)23-9-6-8-21(14-23)18-36-24-10-7-11-25(16-24)41-42(3,4)5;/h6-16,19-20,30,36H,17-18H2,1-5H3;1H2/t30-;/m0./s1. The quantitative estimate of drug-likeness (QED) is 0.125. The van der Waals surface area contributed by atoms with E-state index >= 15 is 0 Å². The molecule has 1 aromatic heterocycles. The van der Waals surface area contributed by atoms with Crippen LogP contribution in [0.4, 0.5) is 5.69 Å². The summed E-state index contributed by atoms with van der Waals surface area (Å²) >= 11 is 12.9. The van der Waals surface area contributed by atoms with E-state index in [1.807, 2.05) is 48.5 Å². The van der Waals surface area contributed by atoms with Crippen molar-refractivity contribution in [1.82, 2.24) is 0 Å². The first-order valence-electron chi connectivity index (χ1n) is 13.4. The Morgan fingerprint density at radius 3 is 2.28 bits per heavy atom. The number of aromatic nitrogens is 1. The number of pyridine rings is 1. The number of methoxy groups -OCH3 is 2. The van der Waals surface area contributed by atoms with Crippen LogP contribution in [0.25, 0.3) is 0 Å². The lowest BCUT2D eigenvalue weighted by atomic mass is 10.0. The lowest BCUT2D eigenvalue weighted by molar-refractivity contribution is -0.377. The molecular formula is C32H36Cl2N2O6Si. The molecule has 0 aliphatic rings. The fourth-order valence-corrected chi connectivity index (χ4v) is 5.74. The summed E-state index contributed by atoms with van der Waals surface area (Å²) in [6.45, 7) is 6.96. The molecular weight excluding hydrogens is 607 g/mol. The normalized spacial score (nSPS) is 11.6. The van der Waals surface area contributed by atoms with Crippen molar-refractivity contribution in [1.29, 1.82) is 0 Å². The number of anilines is 1. The Bertz CT molecular complexity index is 1530. The van der Waals surface area contributed by atoms with Crippen LogP contribution in [0.3, 0.4) is 0 Å². The Hall–Kier alpha value is -3.76. The minimum absolute atomic E-state index is 0. The van der Waals surface area contributed by atoms with Gasteiger partial charge in [-0.2, -0.15) is 0 Å². The van der Waals surface area contributed by atoms with Crippen molar-refractivity contribution in [2.24, 2.45) is 0 Å². The molecule has 4 rings (SSSR count). The highest BCUT2D eigenvalue weighted by Crippen LogP contribution is 2.35. The van der Waals surface area contributed by atoms with Gasteiger partial charge in [0.1, 0.15) is 21.9 Å². The molecule has 1 atom stereocenters. The van der Waals surface area contributed by atoms with E-state index in [-0.39, 0.29) is 11.9 Å². The lowest BCUT2D eigenvalue weighted by Crippen LogP contribution is -2.29. The van der Waals surface area contributed by atoms with Crippen LogP contribution >= 0.6 is 23.2 Å². The highest BCUT2D eigenvalue weighted by Gasteiger charge is 2.24. The molecule has 0 bridgehead atoms. The Kier molecular flexibility index (Phi) is 11.9. The Labute approximate surface area is 263 Å². The summed E-state index contributed by atoms with van der Waals surface area (Å²) in [6, 6.07) is 20.6. The summed E-state index contributed by atoms with van der Waals surface area (Å²) in [5.41, 5.74) is 3.64. The molecule has 0 saturated carbocycles. The van der Waals surface area contributed by atoms with Crippen molar-refractivity contribution in [3.05, 3.63) is 111 Å². The number of hydrogen-bond donors (Lipinski definition) is 1. The van der Waals surface area contributed by atoms with E-state index in [1.54, 1.807) is 44.8 Å². The lowest BCUT2D eigenvalue weighted by Gasteiger charge is -2.21. The molecule has 0 radical (unpaired) electrons. The first-order valence-corrected chi connectivity index (χ1v) is 17.6. The van der Waals surface area contributed by atoms with Crippen molar-refractivity contribution in [3.8, 4) is 17.2 Å². The number of rotatable bonds is 12. The van der Waals surface area contributed by atoms with Crippen LogP contribution in [0.15, 0.2) is 79.1 Å². The van der Waals surface area contributed by atoms with Crippen LogP contribution in [0.2, 0.25) is 29.7 Å². The zero-order valence-electron chi connectivity index (χ0n) is 24.7. The summed E-state index contributed by atoms with van der Waals surface area (Å²) in [6.07, 6.45) is 2.83. The number of ether oxygens (including phenoxy) is 3. The van der Waals surface area contributed by atoms with Gasteiger partial charge in [-0.1, -0.05) is 47.5 Å². The van der Waals surface area contributed by atoms with Crippen LogP contribution in [-0.2, 0) is 17.7 Å². The SMILES string of the molecule is COc1ccc([C@H](Cc2c(Cl)c[nH+]cc2Cl)OC(=O)c2cccc(CNc3cccc(O[Si](C)(C)C)c3)c2)cc1OC.[OH-]. The zero-order chi connectivity index (χ0) is 30.3. The van der Waals surface area contributed by atoms with Gasteiger partial charge in [-0.25, -0.2) is 9.78 Å². The smallest absolute Gasteiger partial charge is 0.338 e. The first kappa shape index (κ1) is 33.7. The fraction of sp³-hybridized carbons (Fsp3) is 0.250. The van der Waals surface area contributed by atoms with Crippen molar-refractivity contribution in [2.75, 3.05) is 19.5 Å². The molecule has 0 aliphatic carbocycles. The molecule has 228 valence electrons. The average molecular weight is 644 g/mol. The number of carbonyl (C=O) groups excluding carboxylic acids is 1. The maximum atomic E-state index is 13.5. The number of carbonyl (C=O) groups is 1. The van der Waals surface area contributed by atoms with E-state index in [9.17, 15) is 4.79 Å². The Balaban J connectivity index is 0.00000506. The molecule has 8 nitrogen and oxygen atoms in total. The van der Waals surface area contributed by atoms with Gasteiger partial charge in [0.05, 0.1) is 19.8 Å². The molecule has 11 heteroatoms. The molecule has 0 fully saturated rings. The fourth-order valence-electron chi connectivity index (χ4n) is 4.37. The van der Waals surface area contributed by atoms with E-state index in [4.69, 9.17) is 41.8 Å². The number of hydrogen-bond acceptors (Lipinski definition) is 7. The topological polar surface area (TPSA) is 110 Å². The molecule has 3 N–H and O–H groups in total.